The lowest BCUT2D eigenvalue weighted by atomic mass is 10.1. The fourth-order valence-corrected chi connectivity index (χ4v) is 5.47. The quantitative estimate of drug-likeness (QED) is 0.288. The van der Waals surface area contributed by atoms with Gasteiger partial charge in [-0.2, -0.15) is 0 Å². The summed E-state index contributed by atoms with van der Waals surface area (Å²) in [5, 5.41) is 14.9. The Morgan fingerprint density at radius 2 is 1.67 bits per heavy atom. The van der Waals surface area contributed by atoms with Crippen molar-refractivity contribution in [3.63, 3.8) is 0 Å². The first kappa shape index (κ1) is 22.5. The van der Waals surface area contributed by atoms with E-state index in [4.69, 9.17) is 4.74 Å². The number of fused-ring (bicyclic) bond motifs is 2. The van der Waals surface area contributed by atoms with Gasteiger partial charge in [0.2, 0.25) is 5.88 Å². The molecule has 0 saturated carbocycles. The largest absolute Gasteiger partial charge is 0.481 e. The third-order valence-electron chi connectivity index (χ3n) is 6.40. The van der Waals surface area contributed by atoms with Crippen LogP contribution in [-0.4, -0.2) is 40.4 Å². The zero-order chi connectivity index (χ0) is 24.3. The van der Waals surface area contributed by atoms with Crippen LogP contribution < -0.4 is 15.0 Å². The lowest BCUT2D eigenvalue weighted by molar-refractivity contribution is 0.399. The number of rotatable bonds is 6. The van der Waals surface area contributed by atoms with Crippen LogP contribution in [-0.2, 0) is 0 Å². The van der Waals surface area contributed by atoms with Gasteiger partial charge in [-0.3, -0.25) is 4.98 Å². The van der Waals surface area contributed by atoms with Crippen molar-refractivity contribution in [2.75, 3.05) is 30.4 Å². The van der Waals surface area contributed by atoms with E-state index >= 15 is 0 Å². The van der Waals surface area contributed by atoms with E-state index in [1.807, 2.05) is 24.4 Å². The summed E-state index contributed by atoms with van der Waals surface area (Å²) in [6.07, 6.45) is 5.52. The Kier molecular flexibility index (Phi) is 6.26. The zero-order valence-corrected chi connectivity index (χ0v) is 20.8. The molecule has 2 aromatic carbocycles. The molecule has 0 spiro atoms. The Labute approximate surface area is 213 Å². The molecular formula is C28H26N6OS. The molecule has 5 aromatic rings. The number of nitrogens with zero attached hydrogens (tertiary/aromatic N) is 5. The van der Waals surface area contributed by atoms with Crippen LogP contribution in [0.1, 0.15) is 19.3 Å². The second kappa shape index (κ2) is 9.99. The predicted molar refractivity (Wildman–Crippen MR) is 146 cm³/mol. The molecule has 4 heterocycles. The molecule has 0 atom stereocenters. The van der Waals surface area contributed by atoms with Crippen molar-refractivity contribution in [3.05, 3.63) is 72.9 Å². The third-order valence-corrected chi connectivity index (χ3v) is 7.46. The van der Waals surface area contributed by atoms with Crippen LogP contribution in [0.3, 0.4) is 0 Å². The van der Waals surface area contributed by atoms with E-state index in [9.17, 15) is 0 Å². The topological polar surface area (TPSA) is 76.1 Å². The number of pyridine rings is 2. The van der Waals surface area contributed by atoms with E-state index in [1.165, 1.54) is 19.3 Å². The molecule has 1 aliphatic heterocycles. The van der Waals surface area contributed by atoms with Crippen molar-refractivity contribution in [1.29, 1.82) is 0 Å². The molecule has 0 aliphatic carbocycles. The average molecular weight is 495 g/mol. The smallest absolute Gasteiger partial charge is 0.213 e. The van der Waals surface area contributed by atoms with Crippen LogP contribution in [0.5, 0.6) is 5.88 Å². The predicted octanol–water partition coefficient (Wildman–Crippen LogP) is 6.47. The molecule has 1 N–H and O–H groups in total. The number of anilines is 3. The van der Waals surface area contributed by atoms with E-state index in [0.717, 1.165) is 62.0 Å². The van der Waals surface area contributed by atoms with Crippen LogP contribution in [0.4, 0.5) is 17.3 Å². The standard InChI is InChI=1S/C28H26N6OS/c1-35-25-14-13-23-26(31-25)24(15-16-29-23)36-20-11-9-19(10-12-20)30-27-21-7-3-4-8-22(21)28(33-32-27)34-17-5-2-6-18-34/h3-4,7-16H,2,5-6,17-18H2,1H3,(H,30,32). The molecular weight excluding hydrogens is 468 g/mol. The first-order chi connectivity index (χ1) is 17.8. The molecule has 180 valence electrons. The Bertz CT molecular complexity index is 1520. The molecule has 0 bridgehead atoms. The summed E-state index contributed by atoms with van der Waals surface area (Å²) < 4.78 is 5.30. The van der Waals surface area contributed by atoms with E-state index in [0.29, 0.717) is 5.88 Å². The number of nitrogens with one attached hydrogen (secondary N) is 1. The van der Waals surface area contributed by atoms with Gasteiger partial charge in [-0.1, -0.05) is 36.0 Å². The summed E-state index contributed by atoms with van der Waals surface area (Å²) in [5.41, 5.74) is 2.64. The Balaban J connectivity index is 1.24. The van der Waals surface area contributed by atoms with Crippen molar-refractivity contribution in [3.8, 4) is 5.88 Å². The highest BCUT2D eigenvalue weighted by atomic mass is 32.2. The van der Waals surface area contributed by atoms with Gasteiger partial charge in [0.05, 0.1) is 12.6 Å². The summed E-state index contributed by atoms with van der Waals surface area (Å²) >= 11 is 1.65. The summed E-state index contributed by atoms with van der Waals surface area (Å²) in [6, 6.07) is 22.4. The third kappa shape index (κ3) is 4.52. The number of ether oxygens (including phenoxy) is 1. The number of hydrogen-bond acceptors (Lipinski definition) is 8. The molecule has 0 amide bonds. The fraction of sp³-hybridized carbons (Fsp3) is 0.214. The van der Waals surface area contributed by atoms with Crippen molar-refractivity contribution in [2.45, 2.75) is 29.1 Å². The molecule has 1 fully saturated rings. The van der Waals surface area contributed by atoms with Crippen LogP contribution in [0.25, 0.3) is 21.8 Å². The molecule has 36 heavy (non-hydrogen) atoms. The van der Waals surface area contributed by atoms with Crippen LogP contribution in [0.15, 0.2) is 82.7 Å². The average Bonchev–Trinajstić information content (AvgIpc) is 2.94. The molecule has 3 aromatic heterocycles. The maximum Gasteiger partial charge on any atom is 0.213 e. The first-order valence-corrected chi connectivity index (χ1v) is 13.0. The van der Waals surface area contributed by atoms with E-state index in [2.05, 4.69) is 78.9 Å². The normalized spacial score (nSPS) is 13.8. The SMILES string of the molecule is COc1ccc2nccc(Sc3ccc(Nc4nnc(N5CCCCC5)c5ccccc45)cc3)c2n1. The van der Waals surface area contributed by atoms with Gasteiger partial charge in [0.25, 0.3) is 0 Å². The van der Waals surface area contributed by atoms with Crippen molar-refractivity contribution in [1.82, 2.24) is 20.2 Å². The highest BCUT2D eigenvalue weighted by Gasteiger charge is 2.17. The molecule has 7 nitrogen and oxygen atoms in total. The van der Waals surface area contributed by atoms with E-state index < -0.39 is 0 Å². The van der Waals surface area contributed by atoms with Gasteiger partial charge >= 0.3 is 0 Å². The van der Waals surface area contributed by atoms with E-state index in [-0.39, 0.29) is 0 Å². The number of benzene rings is 2. The molecule has 0 unspecified atom stereocenters. The fourth-order valence-electron chi connectivity index (χ4n) is 4.57. The maximum atomic E-state index is 5.30. The van der Waals surface area contributed by atoms with E-state index in [1.54, 1.807) is 18.9 Å². The number of hydrogen-bond donors (Lipinski definition) is 1. The lowest BCUT2D eigenvalue weighted by Gasteiger charge is -2.28. The van der Waals surface area contributed by atoms with Gasteiger partial charge in [0, 0.05) is 51.6 Å². The lowest BCUT2D eigenvalue weighted by Crippen LogP contribution is -2.30. The summed E-state index contributed by atoms with van der Waals surface area (Å²) in [6.45, 7) is 2.08. The van der Waals surface area contributed by atoms with Crippen LogP contribution in [0, 0.1) is 0 Å². The molecule has 1 saturated heterocycles. The minimum atomic E-state index is 0.580. The first-order valence-electron chi connectivity index (χ1n) is 12.1. The number of piperidine rings is 1. The number of methoxy groups -OCH3 is 1. The minimum absolute atomic E-state index is 0.580. The van der Waals surface area contributed by atoms with Gasteiger partial charge in [-0.05, 0) is 55.7 Å². The molecule has 6 rings (SSSR count). The second-order valence-corrected chi connectivity index (χ2v) is 9.86. The number of aromatic nitrogens is 4. The van der Waals surface area contributed by atoms with Crippen molar-refractivity contribution < 1.29 is 4.74 Å². The van der Waals surface area contributed by atoms with Gasteiger partial charge in [-0.25, -0.2) is 4.98 Å². The Morgan fingerprint density at radius 3 is 2.47 bits per heavy atom. The minimum Gasteiger partial charge on any atom is -0.481 e. The Hall–Kier alpha value is -3.91. The monoisotopic (exact) mass is 494 g/mol. The molecule has 0 radical (unpaired) electrons. The maximum absolute atomic E-state index is 5.30. The summed E-state index contributed by atoms with van der Waals surface area (Å²) in [7, 11) is 1.62. The highest BCUT2D eigenvalue weighted by Crippen LogP contribution is 2.35. The Morgan fingerprint density at radius 1 is 0.861 bits per heavy atom. The van der Waals surface area contributed by atoms with Crippen molar-refractivity contribution in [2.24, 2.45) is 0 Å². The highest BCUT2D eigenvalue weighted by molar-refractivity contribution is 7.99. The summed E-state index contributed by atoms with van der Waals surface area (Å²) in [4.78, 5) is 13.5. The second-order valence-electron chi connectivity index (χ2n) is 8.75. The zero-order valence-electron chi connectivity index (χ0n) is 20.0. The molecule has 1 aliphatic rings. The van der Waals surface area contributed by atoms with Gasteiger partial charge < -0.3 is 15.0 Å². The van der Waals surface area contributed by atoms with Crippen LogP contribution in [0.2, 0.25) is 0 Å². The van der Waals surface area contributed by atoms with Gasteiger partial charge in [0.15, 0.2) is 11.6 Å². The van der Waals surface area contributed by atoms with Crippen LogP contribution >= 0.6 is 11.8 Å². The van der Waals surface area contributed by atoms with Crippen molar-refractivity contribution >= 4 is 50.9 Å². The van der Waals surface area contributed by atoms with Gasteiger partial charge in [0.1, 0.15) is 5.52 Å². The molecule has 8 heteroatoms. The summed E-state index contributed by atoms with van der Waals surface area (Å²) in [5.74, 6) is 2.33. The van der Waals surface area contributed by atoms with Gasteiger partial charge in [-0.15, -0.1) is 10.2 Å².